The lowest BCUT2D eigenvalue weighted by molar-refractivity contribution is -0.882. The molecule has 1 rings (SSSR count). The Labute approximate surface area is 175 Å². The Morgan fingerprint density at radius 3 is 1.93 bits per heavy atom. The van der Waals surface area contributed by atoms with Crippen molar-refractivity contribution >= 4 is 5.84 Å². The van der Waals surface area contributed by atoms with E-state index in [4.69, 9.17) is 4.99 Å². The second-order valence-corrected chi connectivity index (χ2v) is 8.69. The Morgan fingerprint density at radius 2 is 1.39 bits per heavy atom. The van der Waals surface area contributed by atoms with E-state index in [1.165, 1.54) is 95.7 Å². The predicted octanol–water partition coefficient (Wildman–Crippen LogP) is 7.00. The summed E-state index contributed by atoms with van der Waals surface area (Å²) >= 11 is 0. The molecule has 2 atom stereocenters. The lowest BCUT2D eigenvalue weighted by Gasteiger charge is -2.36. The Bertz CT molecular complexity index is 430. The van der Waals surface area contributed by atoms with E-state index in [0.717, 1.165) is 26.1 Å². The fourth-order valence-electron chi connectivity index (χ4n) is 4.47. The number of aliphatic hydroxyl groups is 1. The molecule has 0 spiro atoms. The Kier molecular flexibility index (Phi) is 14.6. The first-order chi connectivity index (χ1) is 13.7. The van der Waals surface area contributed by atoms with Gasteiger partial charge in [-0.2, -0.15) is 0 Å². The summed E-state index contributed by atoms with van der Waals surface area (Å²) < 4.78 is 0.715. The molecule has 164 valence electrons. The zero-order valence-corrected chi connectivity index (χ0v) is 19.3. The van der Waals surface area contributed by atoms with Crippen LogP contribution in [0.3, 0.4) is 0 Å². The summed E-state index contributed by atoms with van der Waals surface area (Å²) in [5.74, 6) is 1.25. The van der Waals surface area contributed by atoms with E-state index < -0.39 is 0 Å². The highest BCUT2D eigenvalue weighted by Gasteiger charge is 2.40. The fraction of sp³-hybridized carbons (Fsp3) is 0.880. The Hall–Kier alpha value is -0.670. The fourth-order valence-corrected chi connectivity index (χ4v) is 4.47. The summed E-state index contributed by atoms with van der Waals surface area (Å²) in [5, 5.41) is 10.2. The first-order valence-corrected chi connectivity index (χ1v) is 12.4. The van der Waals surface area contributed by atoms with Crippen LogP contribution in [0.2, 0.25) is 0 Å². The second-order valence-electron chi connectivity index (χ2n) is 8.69. The van der Waals surface area contributed by atoms with Crippen molar-refractivity contribution in [3.63, 3.8) is 0 Å². The van der Waals surface area contributed by atoms with Crippen LogP contribution in [0, 0.1) is 0 Å². The number of likely N-dealkylation sites (N-methyl/N-ethyl adjacent to an activating group) is 1. The van der Waals surface area contributed by atoms with Gasteiger partial charge >= 0.3 is 0 Å². The number of quaternary nitrogens is 1. The van der Waals surface area contributed by atoms with Gasteiger partial charge in [-0.15, -0.1) is 0 Å². The molecule has 0 aliphatic carbocycles. The van der Waals surface area contributed by atoms with Crippen LogP contribution >= 0.6 is 0 Å². The molecule has 1 aliphatic heterocycles. The molecule has 3 nitrogen and oxygen atoms in total. The molecule has 0 radical (unpaired) electrons. The molecular formula is C25H49N2O+. The highest BCUT2D eigenvalue weighted by molar-refractivity contribution is 5.76. The second kappa shape index (κ2) is 16.2. The Morgan fingerprint density at radius 1 is 0.857 bits per heavy atom. The van der Waals surface area contributed by atoms with Crippen molar-refractivity contribution in [3.05, 3.63) is 12.2 Å². The quantitative estimate of drug-likeness (QED) is 0.152. The summed E-state index contributed by atoms with van der Waals surface area (Å²) in [6.45, 7) is 9.21. The standard InChI is InChI=1S/C25H49N2O/c1-4-6-7-8-9-10-11-12-13-14-15-16-17-18-19-20-21-25-26-22-23-27(25,5-2)24(3)28/h10-11,24,28H,4-9,12-23H2,1-3H3/q+1/b11-10+. The maximum absolute atomic E-state index is 10.2. The summed E-state index contributed by atoms with van der Waals surface area (Å²) in [6, 6.07) is 0. The summed E-state index contributed by atoms with van der Waals surface area (Å²) in [6.07, 6.45) is 24.4. The van der Waals surface area contributed by atoms with E-state index in [0.29, 0.717) is 4.48 Å². The number of nitrogens with zero attached hydrogens (tertiary/aromatic N) is 2. The van der Waals surface area contributed by atoms with Crippen molar-refractivity contribution in [2.75, 3.05) is 19.6 Å². The monoisotopic (exact) mass is 393 g/mol. The third-order valence-electron chi connectivity index (χ3n) is 6.50. The van der Waals surface area contributed by atoms with E-state index in [9.17, 15) is 5.11 Å². The van der Waals surface area contributed by atoms with E-state index in [1.807, 2.05) is 6.92 Å². The van der Waals surface area contributed by atoms with Gasteiger partial charge in [0, 0.05) is 13.3 Å². The lowest BCUT2D eigenvalue weighted by atomic mass is 10.1. The average molecular weight is 394 g/mol. The molecule has 1 aliphatic rings. The summed E-state index contributed by atoms with van der Waals surface area (Å²) in [7, 11) is 0. The minimum Gasteiger partial charge on any atom is -0.345 e. The maximum atomic E-state index is 10.2. The molecule has 1 heterocycles. The van der Waals surface area contributed by atoms with Crippen LogP contribution in [0.4, 0.5) is 0 Å². The summed E-state index contributed by atoms with van der Waals surface area (Å²) in [4.78, 5) is 4.71. The topological polar surface area (TPSA) is 32.6 Å². The maximum Gasteiger partial charge on any atom is 0.200 e. The highest BCUT2D eigenvalue weighted by Crippen LogP contribution is 2.23. The molecule has 0 aromatic rings. The largest absolute Gasteiger partial charge is 0.345 e. The number of aliphatic imine (C=N–C) groups is 1. The van der Waals surface area contributed by atoms with Crippen LogP contribution in [0.5, 0.6) is 0 Å². The number of amidine groups is 1. The molecule has 2 unspecified atom stereocenters. The smallest absolute Gasteiger partial charge is 0.200 e. The average Bonchev–Trinajstić information content (AvgIpc) is 3.12. The highest BCUT2D eigenvalue weighted by atomic mass is 16.3. The summed E-state index contributed by atoms with van der Waals surface area (Å²) in [5.41, 5.74) is 0. The van der Waals surface area contributed by atoms with Crippen molar-refractivity contribution in [3.8, 4) is 0 Å². The predicted molar refractivity (Wildman–Crippen MR) is 124 cm³/mol. The van der Waals surface area contributed by atoms with Gasteiger partial charge in [0.25, 0.3) is 0 Å². The lowest BCUT2D eigenvalue weighted by Crippen LogP contribution is -2.56. The number of hydrogen-bond acceptors (Lipinski definition) is 2. The van der Waals surface area contributed by atoms with Crippen LogP contribution < -0.4 is 0 Å². The van der Waals surface area contributed by atoms with Gasteiger partial charge in [-0.3, -0.25) is 4.48 Å². The van der Waals surface area contributed by atoms with Crippen LogP contribution in [-0.4, -0.2) is 41.3 Å². The molecule has 28 heavy (non-hydrogen) atoms. The van der Waals surface area contributed by atoms with Crippen LogP contribution in [0.25, 0.3) is 0 Å². The van der Waals surface area contributed by atoms with Crippen molar-refractivity contribution in [2.24, 2.45) is 4.99 Å². The Balaban J connectivity index is 1.91. The molecular weight excluding hydrogens is 344 g/mol. The minimum absolute atomic E-state index is 0.317. The molecule has 0 bridgehead atoms. The van der Waals surface area contributed by atoms with Gasteiger partial charge in [0.05, 0.1) is 13.1 Å². The zero-order valence-electron chi connectivity index (χ0n) is 19.3. The first-order valence-electron chi connectivity index (χ1n) is 12.4. The van der Waals surface area contributed by atoms with Gasteiger partial charge in [-0.25, -0.2) is 4.99 Å². The van der Waals surface area contributed by atoms with E-state index >= 15 is 0 Å². The third kappa shape index (κ3) is 9.69. The number of aliphatic hydroxyl groups excluding tert-OH is 1. The van der Waals surface area contributed by atoms with Crippen molar-refractivity contribution in [1.82, 2.24) is 0 Å². The van der Waals surface area contributed by atoms with Crippen molar-refractivity contribution in [2.45, 2.75) is 123 Å². The van der Waals surface area contributed by atoms with Gasteiger partial charge in [0.1, 0.15) is 6.54 Å². The molecule has 1 N–H and O–H groups in total. The number of allylic oxidation sites excluding steroid dienone is 2. The zero-order chi connectivity index (χ0) is 20.5. The molecule has 0 saturated carbocycles. The van der Waals surface area contributed by atoms with Crippen LogP contribution in [0.1, 0.15) is 117 Å². The van der Waals surface area contributed by atoms with E-state index in [2.05, 4.69) is 26.0 Å². The van der Waals surface area contributed by atoms with Crippen molar-refractivity contribution in [1.29, 1.82) is 0 Å². The number of hydrogen-bond donors (Lipinski definition) is 1. The van der Waals surface area contributed by atoms with Crippen molar-refractivity contribution < 1.29 is 9.59 Å². The van der Waals surface area contributed by atoms with Crippen LogP contribution in [-0.2, 0) is 0 Å². The van der Waals surface area contributed by atoms with Gasteiger partial charge in [-0.1, -0.05) is 76.9 Å². The SMILES string of the molecule is CCCCCC/C=C/CCCCCCCCCCC1=NCC[N+]1(CC)C(C)O. The van der Waals surface area contributed by atoms with Crippen LogP contribution in [0.15, 0.2) is 17.1 Å². The van der Waals surface area contributed by atoms with Gasteiger partial charge < -0.3 is 5.11 Å². The number of unbranched alkanes of at least 4 members (excludes halogenated alkanes) is 12. The molecule has 0 saturated heterocycles. The minimum atomic E-state index is -0.317. The molecule has 0 aromatic heterocycles. The molecule has 0 amide bonds. The van der Waals surface area contributed by atoms with E-state index in [-0.39, 0.29) is 6.23 Å². The molecule has 0 aromatic carbocycles. The molecule has 0 fully saturated rings. The van der Waals surface area contributed by atoms with Gasteiger partial charge in [-0.05, 0) is 39.0 Å². The van der Waals surface area contributed by atoms with E-state index in [1.54, 1.807) is 0 Å². The number of rotatable bonds is 18. The normalized spacial score (nSPS) is 20.8. The third-order valence-corrected chi connectivity index (χ3v) is 6.50. The first kappa shape index (κ1) is 25.4. The van der Waals surface area contributed by atoms with Gasteiger partial charge in [0.15, 0.2) is 6.23 Å². The molecule has 3 heteroatoms. The van der Waals surface area contributed by atoms with Gasteiger partial charge in [0.2, 0.25) is 5.84 Å².